The molecule has 1 aromatic carbocycles. The highest BCUT2D eigenvalue weighted by molar-refractivity contribution is 5.73. The highest BCUT2D eigenvalue weighted by Gasteiger charge is 2.43. The van der Waals surface area contributed by atoms with Crippen molar-refractivity contribution in [2.75, 3.05) is 25.1 Å². The number of ether oxygens (including phenoxy) is 1. The van der Waals surface area contributed by atoms with Crippen LogP contribution in [0.3, 0.4) is 0 Å². The molecule has 0 spiro atoms. The number of aromatic nitrogens is 5. The predicted octanol–water partition coefficient (Wildman–Crippen LogP) is 3.15. The third-order valence-corrected chi connectivity index (χ3v) is 6.85. The van der Waals surface area contributed by atoms with Gasteiger partial charge < -0.3 is 20.5 Å². The molecule has 1 fully saturated rings. The molecule has 1 aliphatic rings. The number of pyridine rings is 1. The predicted molar refractivity (Wildman–Crippen MR) is 131 cm³/mol. The van der Waals surface area contributed by atoms with E-state index in [-0.39, 0.29) is 36.5 Å². The first-order valence-electron chi connectivity index (χ1n) is 11.8. The average molecular weight is 532 g/mol. The lowest BCUT2D eigenvalue weighted by Crippen LogP contribution is -2.63. The SMILES string of the molecule is COc1cc(F)c(-c2cc(Cn3ncc4ncncc43)c(N3CCC[C@](N)([C@H](O)C(F)F)C3)cn2)cc1F. The fourth-order valence-electron chi connectivity index (χ4n) is 4.84. The first-order valence-corrected chi connectivity index (χ1v) is 11.8. The summed E-state index contributed by atoms with van der Waals surface area (Å²) in [6.07, 6.45) is 1.70. The van der Waals surface area contributed by atoms with Crippen LogP contribution in [-0.4, -0.2) is 68.1 Å². The second-order valence-electron chi connectivity index (χ2n) is 9.30. The molecule has 38 heavy (non-hydrogen) atoms. The number of aliphatic hydroxyl groups excluding tert-OH is 1. The van der Waals surface area contributed by atoms with Crippen molar-refractivity contribution in [1.29, 1.82) is 0 Å². The van der Waals surface area contributed by atoms with Gasteiger partial charge in [0.25, 0.3) is 6.43 Å². The summed E-state index contributed by atoms with van der Waals surface area (Å²) in [5, 5.41) is 14.5. The zero-order chi connectivity index (χ0) is 27.0. The van der Waals surface area contributed by atoms with Crippen molar-refractivity contribution in [2.45, 2.75) is 37.5 Å². The maximum Gasteiger partial charge on any atom is 0.265 e. The minimum Gasteiger partial charge on any atom is -0.494 e. The summed E-state index contributed by atoms with van der Waals surface area (Å²) in [7, 11) is 1.24. The van der Waals surface area contributed by atoms with Gasteiger partial charge in [-0.2, -0.15) is 5.10 Å². The third-order valence-electron chi connectivity index (χ3n) is 6.85. The standard InChI is InChI=1S/C25H25F4N7O2/c1-38-22-7-16(26)15(6-17(22)27)18-5-14(11-36-21-9-31-13-33-19(21)8-34-36)20(10-32-18)35-4-2-3-25(30,12-35)23(37)24(28)29/h5-10,13,23-24,37H,2-4,11-12,30H2,1H3/t23-,25-/m1/s1. The molecule has 3 aromatic heterocycles. The minimum atomic E-state index is -3.00. The summed E-state index contributed by atoms with van der Waals surface area (Å²) >= 11 is 0. The maximum absolute atomic E-state index is 14.9. The third kappa shape index (κ3) is 4.74. The summed E-state index contributed by atoms with van der Waals surface area (Å²) in [5.41, 5.74) is 7.16. The van der Waals surface area contributed by atoms with Crippen molar-refractivity contribution in [3.63, 3.8) is 0 Å². The van der Waals surface area contributed by atoms with Crippen molar-refractivity contribution < 1.29 is 27.4 Å². The zero-order valence-electron chi connectivity index (χ0n) is 20.4. The number of rotatable bonds is 7. The van der Waals surface area contributed by atoms with Crippen molar-refractivity contribution in [1.82, 2.24) is 24.7 Å². The molecule has 1 saturated heterocycles. The number of alkyl halides is 2. The number of nitrogens with two attached hydrogens (primary N) is 1. The van der Waals surface area contributed by atoms with Crippen LogP contribution in [0.25, 0.3) is 22.3 Å². The average Bonchev–Trinajstić information content (AvgIpc) is 3.32. The molecule has 200 valence electrons. The molecule has 1 aliphatic heterocycles. The number of hydrogen-bond acceptors (Lipinski definition) is 8. The van der Waals surface area contributed by atoms with E-state index in [0.29, 0.717) is 35.2 Å². The van der Waals surface area contributed by atoms with Gasteiger partial charge in [-0.1, -0.05) is 0 Å². The van der Waals surface area contributed by atoms with Crippen LogP contribution in [0.15, 0.2) is 43.1 Å². The fourth-order valence-corrected chi connectivity index (χ4v) is 4.84. The van der Waals surface area contributed by atoms with Gasteiger partial charge in [0.15, 0.2) is 11.6 Å². The lowest BCUT2D eigenvalue weighted by atomic mass is 9.84. The Morgan fingerprint density at radius 2 is 1.95 bits per heavy atom. The maximum atomic E-state index is 14.9. The molecule has 0 aliphatic carbocycles. The topological polar surface area (TPSA) is 115 Å². The van der Waals surface area contributed by atoms with Crippen LogP contribution < -0.4 is 15.4 Å². The van der Waals surface area contributed by atoms with Crippen molar-refractivity contribution in [3.8, 4) is 17.0 Å². The van der Waals surface area contributed by atoms with Crippen LogP contribution in [0.5, 0.6) is 5.75 Å². The summed E-state index contributed by atoms with van der Waals surface area (Å²) in [6.45, 7) is 0.575. The molecule has 0 saturated carbocycles. The first-order chi connectivity index (χ1) is 18.2. The minimum absolute atomic E-state index is 0.0545. The molecule has 0 amide bonds. The summed E-state index contributed by atoms with van der Waals surface area (Å²) in [6, 6.07) is 3.53. The van der Waals surface area contributed by atoms with Gasteiger partial charge in [0.2, 0.25) is 0 Å². The largest absolute Gasteiger partial charge is 0.494 e. The van der Waals surface area contributed by atoms with Crippen LogP contribution in [0, 0.1) is 11.6 Å². The van der Waals surface area contributed by atoms with Gasteiger partial charge in [0, 0.05) is 30.3 Å². The van der Waals surface area contributed by atoms with Gasteiger partial charge in [0.1, 0.15) is 29.3 Å². The van der Waals surface area contributed by atoms with E-state index >= 15 is 0 Å². The van der Waals surface area contributed by atoms with Gasteiger partial charge in [-0.3, -0.25) is 9.67 Å². The monoisotopic (exact) mass is 531 g/mol. The molecule has 5 rings (SSSR count). The molecular formula is C25H25F4N7O2. The van der Waals surface area contributed by atoms with Crippen LogP contribution in [-0.2, 0) is 6.54 Å². The highest BCUT2D eigenvalue weighted by atomic mass is 19.3. The number of methoxy groups -OCH3 is 1. The van der Waals surface area contributed by atoms with E-state index < -0.39 is 29.7 Å². The lowest BCUT2D eigenvalue weighted by molar-refractivity contribution is -0.0529. The molecule has 3 N–H and O–H groups in total. The van der Waals surface area contributed by atoms with E-state index in [1.807, 2.05) is 0 Å². The van der Waals surface area contributed by atoms with E-state index in [2.05, 4.69) is 20.1 Å². The van der Waals surface area contributed by atoms with Crippen LogP contribution >= 0.6 is 0 Å². The van der Waals surface area contributed by atoms with Gasteiger partial charge in [-0.15, -0.1) is 0 Å². The Hall–Kier alpha value is -3.84. The van der Waals surface area contributed by atoms with Crippen LogP contribution in [0.4, 0.5) is 23.2 Å². The van der Waals surface area contributed by atoms with E-state index in [1.54, 1.807) is 28.0 Å². The number of benzene rings is 1. The summed E-state index contributed by atoms with van der Waals surface area (Å²) in [5.74, 6) is -1.72. The van der Waals surface area contributed by atoms with E-state index in [0.717, 1.165) is 12.1 Å². The zero-order valence-corrected chi connectivity index (χ0v) is 20.4. The van der Waals surface area contributed by atoms with Gasteiger partial charge in [0.05, 0.1) is 49.2 Å². The van der Waals surface area contributed by atoms with E-state index in [1.165, 1.54) is 19.6 Å². The van der Waals surface area contributed by atoms with E-state index in [9.17, 15) is 22.7 Å². The fraction of sp³-hybridized carbons (Fsp3) is 0.360. The number of hydrogen-bond donors (Lipinski definition) is 2. The van der Waals surface area contributed by atoms with E-state index in [4.69, 9.17) is 10.5 Å². The molecule has 4 heterocycles. The Labute approximate surface area is 214 Å². The number of nitrogens with zero attached hydrogens (tertiary/aromatic N) is 6. The van der Waals surface area contributed by atoms with Gasteiger partial charge in [-0.05, 0) is 25.0 Å². The molecule has 0 unspecified atom stereocenters. The number of piperidine rings is 1. The Kier molecular flexibility index (Phi) is 6.88. The number of anilines is 1. The Morgan fingerprint density at radius 1 is 1.13 bits per heavy atom. The Bertz CT molecular complexity index is 1470. The van der Waals surface area contributed by atoms with Crippen LogP contribution in [0.2, 0.25) is 0 Å². The van der Waals surface area contributed by atoms with Gasteiger partial charge in [-0.25, -0.2) is 27.5 Å². The second kappa shape index (κ2) is 10.1. The lowest BCUT2D eigenvalue weighted by Gasteiger charge is -2.44. The highest BCUT2D eigenvalue weighted by Crippen LogP contribution is 2.34. The normalized spacial score (nSPS) is 18.8. The Balaban J connectivity index is 1.59. The smallest absolute Gasteiger partial charge is 0.265 e. The molecule has 2 atom stereocenters. The van der Waals surface area contributed by atoms with Crippen molar-refractivity contribution >= 4 is 16.7 Å². The quantitative estimate of drug-likeness (QED) is 0.350. The molecule has 4 aromatic rings. The molecule has 0 radical (unpaired) electrons. The number of aliphatic hydroxyl groups is 1. The van der Waals surface area contributed by atoms with Crippen molar-refractivity contribution in [3.05, 3.63) is 60.3 Å². The number of fused-ring (bicyclic) bond motifs is 1. The molecule has 13 heteroatoms. The van der Waals surface area contributed by atoms with Crippen molar-refractivity contribution in [2.24, 2.45) is 5.73 Å². The summed E-state index contributed by atoms with van der Waals surface area (Å²) in [4.78, 5) is 14.4. The Morgan fingerprint density at radius 3 is 2.71 bits per heavy atom. The first kappa shape index (κ1) is 25.8. The van der Waals surface area contributed by atoms with Crippen LogP contribution in [0.1, 0.15) is 18.4 Å². The van der Waals surface area contributed by atoms with Gasteiger partial charge >= 0.3 is 0 Å². The summed E-state index contributed by atoms with van der Waals surface area (Å²) < 4.78 is 62.6. The molecular weight excluding hydrogens is 506 g/mol. The number of halogens is 4. The molecule has 9 nitrogen and oxygen atoms in total. The second-order valence-corrected chi connectivity index (χ2v) is 9.30. The molecule has 0 bridgehead atoms.